The lowest BCUT2D eigenvalue weighted by molar-refractivity contribution is 0.0761. The van der Waals surface area contributed by atoms with Gasteiger partial charge in [-0.25, -0.2) is 9.59 Å². The minimum atomic E-state index is -0.248. The van der Waals surface area contributed by atoms with E-state index >= 15 is 0 Å². The van der Waals surface area contributed by atoms with Crippen LogP contribution in [0.3, 0.4) is 0 Å². The van der Waals surface area contributed by atoms with E-state index in [0.29, 0.717) is 6.54 Å². The molecule has 5 rings (SSSR count). The van der Waals surface area contributed by atoms with Crippen LogP contribution in [0.1, 0.15) is 51.4 Å². The van der Waals surface area contributed by atoms with Crippen molar-refractivity contribution >= 4 is 45.2 Å². The first-order valence-corrected chi connectivity index (χ1v) is 13.8. The molecular formula is C32H38N6O2. The van der Waals surface area contributed by atoms with E-state index in [1.165, 1.54) is 0 Å². The Morgan fingerprint density at radius 2 is 1.32 bits per heavy atom. The third-order valence-electron chi connectivity index (χ3n) is 7.64. The number of carbonyl (C=O) groups is 2. The van der Waals surface area contributed by atoms with Crippen LogP contribution in [0.5, 0.6) is 0 Å². The normalized spacial score (nSPS) is 20.2. The first-order valence-electron chi connectivity index (χ1n) is 13.8. The number of hydrogen-bond donors (Lipinski definition) is 4. The molecule has 8 nitrogen and oxygen atoms in total. The number of nitrogens with zero attached hydrogens (tertiary/aromatic N) is 2. The third kappa shape index (κ3) is 6.33. The number of anilines is 2. The molecule has 2 unspecified atom stereocenters. The zero-order valence-electron chi connectivity index (χ0n) is 23.9. The average molecular weight is 539 g/mol. The Morgan fingerprint density at radius 1 is 0.800 bits per heavy atom. The van der Waals surface area contributed by atoms with Gasteiger partial charge in [-0.05, 0) is 68.2 Å². The number of benzene rings is 2. The molecule has 4 N–H and O–H groups in total. The largest absolute Gasteiger partial charge is 0.337 e. The molecule has 4 amide bonds. The van der Waals surface area contributed by atoms with Gasteiger partial charge in [-0.2, -0.15) is 0 Å². The van der Waals surface area contributed by atoms with E-state index in [2.05, 4.69) is 52.0 Å². The lowest BCUT2D eigenvalue weighted by atomic mass is 9.62. The highest BCUT2D eigenvalue weighted by molar-refractivity contribution is 6.01. The van der Waals surface area contributed by atoms with Crippen molar-refractivity contribution < 1.29 is 9.59 Å². The summed E-state index contributed by atoms with van der Waals surface area (Å²) in [5, 5.41) is 14.2. The summed E-state index contributed by atoms with van der Waals surface area (Å²) < 4.78 is 0. The Labute approximate surface area is 235 Å². The quantitative estimate of drug-likeness (QED) is 0.221. The van der Waals surface area contributed by atoms with E-state index in [0.717, 1.165) is 63.8 Å². The van der Waals surface area contributed by atoms with Crippen LogP contribution in [-0.4, -0.2) is 34.6 Å². The van der Waals surface area contributed by atoms with Crippen LogP contribution < -0.4 is 21.3 Å². The highest BCUT2D eigenvalue weighted by Crippen LogP contribution is 2.45. The molecule has 8 heteroatoms. The summed E-state index contributed by atoms with van der Waals surface area (Å²) in [6, 6.07) is 18.9. The minimum Gasteiger partial charge on any atom is -0.337 e. The summed E-state index contributed by atoms with van der Waals surface area (Å²) in [5.41, 5.74) is 4.69. The topological polar surface area (TPSA) is 108 Å². The monoisotopic (exact) mass is 538 g/mol. The first-order chi connectivity index (χ1) is 19.0. The molecule has 2 atom stereocenters. The highest BCUT2D eigenvalue weighted by Gasteiger charge is 2.42. The summed E-state index contributed by atoms with van der Waals surface area (Å²) in [5.74, 6) is 0. The first kappa shape index (κ1) is 27.4. The van der Waals surface area contributed by atoms with Crippen molar-refractivity contribution in [2.45, 2.75) is 59.9 Å². The zero-order valence-corrected chi connectivity index (χ0v) is 23.9. The molecule has 2 aromatic carbocycles. The third-order valence-corrected chi connectivity index (χ3v) is 7.64. The fourth-order valence-electron chi connectivity index (χ4n) is 6.50. The zero-order chi connectivity index (χ0) is 28.5. The van der Waals surface area contributed by atoms with Crippen LogP contribution in [0.2, 0.25) is 0 Å². The molecule has 1 fully saturated rings. The molecular weight excluding hydrogens is 500 g/mol. The molecule has 4 aromatic rings. The van der Waals surface area contributed by atoms with Gasteiger partial charge in [-0.3, -0.25) is 9.97 Å². The number of rotatable bonds is 5. The van der Waals surface area contributed by atoms with Gasteiger partial charge < -0.3 is 21.3 Å². The molecule has 1 aliphatic carbocycles. The predicted molar refractivity (Wildman–Crippen MR) is 162 cm³/mol. The van der Waals surface area contributed by atoms with E-state index in [9.17, 15) is 9.59 Å². The fourth-order valence-corrected chi connectivity index (χ4v) is 6.50. The number of para-hydroxylation sites is 2. The van der Waals surface area contributed by atoms with Crippen molar-refractivity contribution in [2.24, 2.45) is 10.8 Å². The Kier molecular flexibility index (Phi) is 7.36. The molecule has 40 heavy (non-hydrogen) atoms. The van der Waals surface area contributed by atoms with Crippen LogP contribution in [-0.2, 0) is 0 Å². The number of nitrogens with one attached hydrogen (secondary N) is 4. The number of urea groups is 2. The number of pyridine rings is 2. The molecule has 0 spiro atoms. The number of fused-ring (bicyclic) bond motifs is 2. The molecule has 0 radical (unpaired) electrons. The van der Waals surface area contributed by atoms with Crippen LogP contribution in [0.4, 0.5) is 21.0 Å². The molecule has 208 valence electrons. The number of aryl methyl sites for hydroxylation is 2. The van der Waals surface area contributed by atoms with Crippen LogP contribution in [0.25, 0.3) is 21.8 Å². The molecule has 0 bridgehead atoms. The Balaban J connectivity index is 1.23. The van der Waals surface area contributed by atoms with Gasteiger partial charge in [0, 0.05) is 34.7 Å². The van der Waals surface area contributed by atoms with Gasteiger partial charge in [0.1, 0.15) is 0 Å². The second kappa shape index (κ2) is 10.8. The van der Waals surface area contributed by atoms with E-state index in [4.69, 9.17) is 0 Å². The SMILES string of the molecule is Cc1cc(NC(=O)NCC2(C)CC(NC(=O)Nc3cc(C)nc4ccccc34)CC(C)(C)C2)c2ccccc2n1. The van der Waals surface area contributed by atoms with E-state index in [1.807, 2.05) is 74.5 Å². The number of amides is 4. The van der Waals surface area contributed by atoms with E-state index in [-0.39, 0.29) is 28.9 Å². The second-order valence-electron chi connectivity index (χ2n) is 12.3. The Hall–Kier alpha value is -4.20. The van der Waals surface area contributed by atoms with E-state index in [1.54, 1.807) is 0 Å². The summed E-state index contributed by atoms with van der Waals surface area (Å²) in [4.78, 5) is 35.2. The van der Waals surface area contributed by atoms with Crippen molar-refractivity contribution in [3.63, 3.8) is 0 Å². The van der Waals surface area contributed by atoms with Crippen molar-refractivity contribution in [2.75, 3.05) is 17.2 Å². The van der Waals surface area contributed by atoms with E-state index < -0.39 is 0 Å². The number of aromatic nitrogens is 2. The highest BCUT2D eigenvalue weighted by atomic mass is 16.2. The van der Waals surface area contributed by atoms with Gasteiger partial charge in [0.2, 0.25) is 0 Å². The Morgan fingerprint density at radius 3 is 1.90 bits per heavy atom. The maximum absolute atomic E-state index is 13.1. The number of hydrogen-bond acceptors (Lipinski definition) is 4. The van der Waals surface area contributed by atoms with Crippen LogP contribution in [0.15, 0.2) is 60.7 Å². The molecule has 1 aliphatic rings. The second-order valence-corrected chi connectivity index (χ2v) is 12.3. The lowest BCUT2D eigenvalue weighted by Crippen LogP contribution is -2.51. The van der Waals surface area contributed by atoms with Gasteiger partial charge in [0.15, 0.2) is 0 Å². The molecule has 0 saturated heterocycles. The van der Waals surface area contributed by atoms with Gasteiger partial charge in [0.25, 0.3) is 0 Å². The Bertz CT molecular complexity index is 1580. The van der Waals surface area contributed by atoms with Gasteiger partial charge in [0.05, 0.1) is 22.4 Å². The predicted octanol–water partition coefficient (Wildman–Crippen LogP) is 6.93. The van der Waals surface area contributed by atoms with Crippen LogP contribution >= 0.6 is 0 Å². The van der Waals surface area contributed by atoms with Crippen LogP contribution in [0, 0.1) is 24.7 Å². The minimum absolute atomic E-state index is 0.00146. The molecule has 2 heterocycles. The molecule has 1 saturated carbocycles. The summed E-state index contributed by atoms with van der Waals surface area (Å²) in [7, 11) is 0. The standard InChI is InChI=1S/C32H38N6O2/c1-20-14-27(23-10-6-8-12-25(23)34-20)37-29(39)33-19-32(5)17-22(16-31(3,4)18-32)36-30(40)38-28-15-21(2)35-26-13-9-7-11-24(26)28/h6-15,22H,16-19H2,1-5H3,(H2,33,34,37,39)(H2,35,36,38,40). The summed E-state index contributed by atoms with van der Waals surface area (Å²) >= 11 is 0. The lowest BCUT2D eigenvalue weighted by Gasteiger charge is -2.46. The average Bonchev–Trinajstić information content (AvgIpc) is 2.86. The van der Waals surface area contributed by atoms with Gasteiger partial charge in [-0.15, -0.1) is 0 Å². The van der Waals surface area contributed by atoms with Crippen molar-refractivity contribution in [1.29, 1.82) is 0 Å². The number of carbonyl (C=O) groups excluding carboxylic acids is 2. The van der Waals surface area contributed by atoms with Gasteiger partial charge in [-0.1, -0.05) is 57.2 Å². The molecule has 0 aliphatic heterocycles. The van der Waals surface area contributed by atoms with Crippen molar-refractivity contribution in [3.05, 3.63) is 72.1 Å². The van der Waals surface area contributed by atoms with Gasteiger partial charge >= 0.3 is 12.1 Å². The smallest absolute Gasteiger partial charge is 0.319 e. The van der Waals surface area contributed by atoms with Crippen molar-refractivity contribution in [1.82, 2.24) is 20.6 Å². The summed E-state index contributed by atoms with van der Waals surface area (Å²) in [6.07, 6.45) is 2.56. The molecule has 2 aromatic heterocycles. The summed E-state index contributed by atoms with van der Waals surface area (Å²) in [6.45, 7) is 11.0. The maximum Gasteiger partial charge on any atom is 0.319 e. The maximum atomic E-state index is 13.1. The van der Waals surface area contributed by atoms with Crippen molar-refractivity contribution in [3.8, 4) is 0 Å². The fraction of sp³-hybridized carbons (Fsp3) is 0.375.